The Labute approximate surface area is 161 Å². The molecule has 0 unspecified atom stereocenters. The molecule has 0 N–H and O–H groups in total. The molecule has 0 aliphatic carbocycles. The molecule has 1 aromatic heterocycles. The molecule has 0 amide bonds. The van der Waals surface area contributed by atoms with Crippen molar-refractivity contribution >= 4 is 20.7 Å². The molecule has 140 valence electrons. The van der Waals surface area contributed by atoms with Gasteiger partial charge < -0.3 is 0 Å². The number of pyridine rings is 1. The zero-order valence-electron chi connectivity index (χ0n) is 14.9. The number of benzene rings is 3. The van der Waals surface area contributed by atoms with Crippen molar-refractivity contribution in [2.45, 2.75) is 16.7 Å². The number of aryl methyl sites for hydroxylation is 1. The Hall–Kier alpha value is -3.12. The Kier molecular flexibility index (Phi) is 4.43. The molecule has 3 nitrogen and oxygen atoms in total. The molecule has 4 rings (SSSR count). The Morgan fingerprint density at radius 3 is 2.39 bits per heavy atom. The van der Waals surface area contributed by atoms with Gasteiger partial charge in [-0.25, -0.2) is 17.2 Å². The molecule has 4 aromatic rings. The van der Waals surface area contributed by atoms with E-state index in [4.69, 9.17) is 0 Å². The summed E-state index contributed by atoms with van der Waals surface area (Å²) in [6, 6.07) is 16.5. The zero-order valence-corrected chi connectivity index (χ0v) is 15.7. The Bertz CT molecular complexity index is 1320. The second-order valence-electron chi connectivity index (χ2n) is 6.46. The first-order valence-electron chi connectivity index (χ1n) is 8.53. The van der Waals surface area contributed by atoms with Crippen LogP contribution in [0.1, 0.15) is 5.56 Å². The Balaban J connectivity index is 2.11. The summed E-state index contributed by atoms with van der Waals surface area (Å²) in [6.07, 6.45) is 1.14. The molecule has 0 aliphatic heterocycles. The van der Waals surface area contributed by atoms with Gasteiger partial charge in [-0.05, 0) is 36.8 Å². The van der Waals surface area contributed by atoms with Gasteiger partial charge in [0.05, 0.1) is 9.79 Å². The van der Waals surface area contributed by atoms with E-state index < -0.39 is 21.5 Å². The first kappa shape index (κ1) is 18.3. The highest BCUT2D eigenvalue weighted by Gasteiger charge is 2.25. The van der Waals surface area contributed by atoms with Gasteiger partial charge in [0.1, 0.15) is 17.2 Å². The topological polar surface area (TPSA) is 47.0 Å². The molecular formula is C22H15F2NO2S. The quantitative estimate of drug-likeness (QED) is 0.472. The van der Waals surface area contributed by atoms with Gasteiger partial charge in [0.15, 0.2) is 0 Å². The minimum atomic E-state index is -4.08. The summed E-state index contributed by atoms with van der Waals surface area (Å²) < 4.78 is 54.6. The van der Waals surface area contributed by atoms with Crippen molar-refractivity contribution in [2.75, 3.05) is 0 Å². The summed E-state index contributed by atoms with van der Waals surface area (Å²) in [4.78, 5) is 3.78. The molecule has 0 radical (unpaired) electrons. The van der Waals surface area contributed by atoms with Crippen molar-refractivity contribution in [1.82, 2.24) is 4.98 Å². The smallest absolute Gasteiger partial charge is 0.208 e. The van der Waals surface area contributed by atoms with Crippen molar-refractivity contribution in [3.8, 4) is 11.1 Å². The second-order valence-corrected chi connectivity index (χ2v) is 8.38. The summed E-state index contributed by atoms with van der Waals surface area (Å²) in [5, 5.41) is 0.378. The van der Waals surface area contributed by atoms with Gasteiger partial charge in [0, 0.05) is 17.1 Å². The number of rotatable bonds is 3. The maximum Gasteiger partial charge on any atom is 0.208 e. The van der Waals surface area contributed by atoms with E-state index >= 15 is 0 Å². The molecule has 0 atom stereocenters. The van der Waals surface area contributed by atoms with Crippen LogP contribution in [0.2, 0.25) is 0 Å². The summed E-state index contributed by atoms with van der Waals surface area (Å²) in [7, 11) is -4.08. The van der Waals surface area contributed by atoms with Crippen LogP contribution in [0.5, 0.6) is 0 Å². The van der Waals surface area contributed by atoms with E-state index in [0.717, 1.165) is 17.8 Å². The number of hydrogen-bond donors (Lipinski definition) is 0. The van der Waals surface area contributed by atoms with Crippen LogP contribution in [0.15, 0.2) is 82.7 Å². The van der Waals surface area contributed by atoms with Crippen LogP contribution in [0, 0.1) is 18.6 Å². The van der Waals surface area contributed by atoms with Gasteiger partial charge in [-0.1, -0.05) is 48.0 Å². The average molecular weight is 395 g/mol. The van der Waals surface area contributed by atoms with Crippen LogP contribution in [-0.2, 0) is 9.84 Å². The lowest BCUT2D eigenvalue weighted by Gasteiger charge is -2.14. The van der Waals surface area contributed by atoms with Gasteiger partial charge in [0.25, 0.3) is 0 Å². The molecule has 0 saturated carbocycles. The lowest BCUT2D eigenvalue weighted by molar-refractivity contribution is 0.590. The summed E-state index contributed by atoms with van der Waals surface area (Å²) in [5.41, 5.74) is 1.97. The van der Waals surface area contributed by atoms with Gasteiger partial charge >= 0.3 is 0 Å². The normalized spacial score (nSPS) is 11.7. The average Bonchev–Trinajstić information content (AvgIpc) is 2.67. The maximum absolute atomic E-state index is 14.3. The molecular weight excluding hydrogens is 380 g/mol. The van der Waals surface area contributed by atoms with E-state index in [9.17, 15) is 17.2 Å². The molecule has 0 fully saturated rings. The number of para-hydroxylation sites is 1. The first-order valence-corrected chi connectivity index (χ1v) is 10.0. The minimum Gasteiger partial charge on any atom is -0.252 e. The molecule has 0 aliphatic rings. The summed E-state index contributed by atoms with van der Waals surface area (Å²) in [6.45, 7) is 1.88. The van der Waals surface area contributed by atoms with Crippen molar-refractivity contribution in [2.24, 2.45) is 0 Å². The van der Waals surface area contributed by atoms with Crippen LogP contribution in [0.25, 0.3) is 22.0 Å². The highest BCUT2D eigenvalue weighted by molar-refractivity contribution is 7.91. The van der Waals surface area contributed by atoms with E-state index in [0.29, 0.717) is 16.5 Å². The molecule has 0 bridgehead atoms. The van der Waals surface area contributed by atoms with Crippen LogP contribution < -0.4 is 0 Å². The minimum absolute atomic E-state index is 0.0807. The largest absolute Gasteiger partial charge is 0.252 e. The molecule has 1 heterocycles. The fraction of sp³-hybridized carbons (Fsp3) is 0.0455. The van der Waals surface area contributed by atoms with Crippen molar-refractivity contribution in [3.63, 3.8) is 0 Å². The zero-order chi connectivity index (χ0) is 19.9. The predicted octanol–water partition coefficient (Wildman–Crippen LogP) is 5.32. The standard InChI is InChI=1S/C22H15F2NO2S/c1-14-5-2-6-15(11-14)21-18-9-4-10-19(24)22(18)25-13-20(21)28(26,27)17-8-3-7-16(23)12-17/h2-13H,1H3. The van der Waals surface area contributed by atoms with Crippen molar-refractivity contribution in [3.05, 3.63) is 90.1 Å². The number of fused-ring (bicyclic) bond motifs is 1. The van der Waals surface area contributed by atoms with E-state index in [1.807, 2.05) is 19.1 Å². The summed E-state index contributed by atoms with van der Waals surface area (Å²) in [5.74, 6) is -1.20. The van der Waals surface area contributed by atoms with Crippen LogP contribution >= 0.6 is 0 Å². The van der Waals surface area contributed by atoms with Crippen LogP contribution in [0.4, 0.5) is 8.78 Å². The predicted molar refractivity (Wildman–Crippen MR) is 104 cm³/mol. The van der Waals surface area contributed by atoms with Crippen molar-refractivity contribution < 1.29 is 17.2 Å². The Morgan fingerprint density at radius 2 is 1.64 bits per heavy atom. The first-order chi connectivity index (χ1) is 13.4. The molecule has 6 heteroatoms. The van der Waals surface area contributed by atoms with E-state index in [2.05, 4.69) is 4.98 Å². The lowest BCUT2D eigenvalue weighted by Crippen LogP contribution is -2.06. The van der Waals surface area contributed by atoms with E-state index in [-0.39, 0.29) is 15.3 Å². The fourth-order valence-electron chi connectivity index (χ4n) is 3.23. The van der Waals surface area contributed by atoms with Gasteiger partial charge in [-0.15, -0.1) is 0 Å². The second kappa shape index (κ2) is 6.80. The maximum atomic E-state index is 14.3. The Morgan fingerprint density at radius 1 is 0.893 bits per heavy atom. The molecule has 3 aromatic carbocycles. The third kappa shape index (κ3) is 3.05. The highest BCUT2D eigenvalue weighted by atomic mass is 32.2. The number of halogens is 2. The third-order valence-corrected chi connectivity index (χ3v) is 6.28. The molecule has 28 heavy (non-hydrogen) atoms. The van der Waals surface area contributed by atoms with Gasteiger partial charge in [-0.2, -0.15) is 0 Å². The number of aromatic nitrogens is 1. The van der Waals surface area contributed by atoms with Crippen molar-refractivity contribution in [1.29, 1.82) is 0 Å². The lowest BCUT2D eigenvalue weighted by atomic mass is 9.99. The molecule has 0 saturated heterocycles. The van der Waals surface area contributed by atoms with E-state index in [1.165, 1.54) is 30.3 Å². The number of sulfone groups is 1. The van der Waals surface area contributed by atoms with Gasteiger partial charge in [0.2, 0.25) is 9.84 Å². The van der Waals surface area contributed by atoms with E-state index in [1.54, 1.807) is 18.2 Å². The third-order valence-electron chi connectivity index (χ3n) is 4.52. The fourth-order valence-corrected chi connectivity index (χ4v) is 4.70. The van der Waals surface area contributed by atoms with Gasteiger partial charge in [-0.3, -0.25) is 4.98 Å². The monoisotopic (exact) mass is 395 g/mol. The molecule has 0 spiro atoms. The highest BCUT2D eigenvalue weighted by Crippen LogP contribution is 2.37. The summed E-state index contributed by atoms with van der Waals surface area (Å²) >= 11 is 0. The SMILES string of the molecule is Cc1cccc(-c2c(S(=O)(=O)c3cccc(F)c3)cnc3c(F)cccc23)c1. The van der Waals surface area contributed by atoms with Crippen LogP contribution in [-0.4, -0.2) is 13.4 Å². The number of hydrogen-bond acceptors (Lipinski definition) is 3. The van der Waals surface area contributed by atoms with Crippen LogP contribution in [0.3, 0.4) is 0 Å². The number of nitrogens with zero attached hydrogens (tertiary/aromatic N) is 1.